The maximum Gasteiger partial charge on any atom is 0.514 e. The number of pyridine rings is 1. The predicted octanol–water partition coefficient (Wildman–Crippen LogP) is 9.37. The van der Waals surface area contributed by atoms with Crippen molar-refractivity contribution in [2.45, 2.75) is 113 Å². The second-order valence-corrected chi connectivity index (χ2v) is 16.3. The molecule has 0 radical (unpaired) electrons. The van der Waals surface area contributed by atoms with Crippen molar-refractivity contribution >= 4 is 51.1 Å². The topological polar surface area (TPSA) is 142 Å². The standard InChI is InChI=1S/C37H47BrN4O8/c1-21-13-14-26(47-33(45)50-36(10,11)12)23(3)27(21)41-28-24(17-22(2)29(40-28)46-20-37(19-38)15-16-37)25(18-39)30(41)42(31(43)48-34(4,5)6)32(44)49-35(7,8)9/h13-14,17H,15-16,19-20H2,1-12H3. The number of anilines is 1. The smallest absolute Gasteiger partial charge is 0.477 e. The van der Waals surface area contributed by atoms with Crippen molar-refractivity contribution in [3.63, 3.8) is 0 Å². The Bertz CT molecular complexity index is 1840. The molecule has 0 unspecified atom stereocenters. The average molecular weight is 756 g/mol. The van der Waals surface area contributed by atoms with Crippen molar-refractivity contribution in [2.75, 3.05) is 16.8 Å². The van der Waals surface area contributed by atoms with E-state index in [2.05, 4.69) is 22.0 Å². The number of carbonyl (C=O) groups is 3. The Morgan fingerprint density at radius 2 is 1.48 bits per heavy atom. The Morgan fingerprint density at radius 3 is 1.96 bits per heavy atom. The Morgan fingerprint density at radius 1 is 0.920 bits per heavy atom. The number of carbonyl (C=O) groups excluding carboxylic acids is 3. The molecule has 3 aromatic rings. The van der Waals surface area contributed by atoms with Crippen LogP contribution >= 0.6 is 15.9 Å². The van der Waals surface area contributed by atoms with Crippen molar-refractivity contribution in [3.8, 4) is 23.4 Å². The highest BCUT2D eigenvalue weighted by molar-refractivity contribution is 9.09. The highest BCUT2D eigenvalue weighted by Gasteiger charge is 2.43. The fraction of sp³-hybridized carbons (Fsp3) is 0.541. The molecule has 270 valence electrons. The van der Waals surface area contributed by atoms with Gasteiger partial charge in [0.25, 0.3) is 0 Å². The summed E-state index contributed by atoms with van der Waals surface area (Å²) in [7, 11) is 0. The first-order valence-electron chi connectivity index (χ1n) is 16.4. The first-order chi connectivity index (χ1) is 23.0. The van der Waals surface area contributed by atoms with Crippen molar-refractivity contribution in [3.05, 3.63) is 40.5 Å². The Kier molecular flexibility index (Phi) is 10.6. The van der Waals surface area contributed by atoms with Gasteiger partial charge in [0, 0.05) is 27.3 Å². The molecule has 50 heavy (non-hydrogen) atoms. The molecule has 12 nitrogen and oxygen atoms in total. The first-order valence-corrected chi connectivity index (χ1v) is 17.5. The van der Waals surface area contributed by atoms with E-state index < -0.39 is 35.1 Å². The number of hydrogen-bond donors (Lipinski definition) is 0. The second-order valence-electron chi connectivity index (χ2n) is 15.8. The van der Waals surface area contributed by atoms with Gasteiger partial charge in [-0.2, -0.15) is 15.1 Å². The molecule has 0 spiro atoms. The number of nitriles is 1. The number of imide groups is 1. The minimum Gasteiger partial charge on any atom is -0.477 e. The van der Waals surface area contributed by atoms with Crippen LogP contribution < -0.4 is 14.4 Å². The first kappa shape index (κ1) is 38.5. The van der Waals surface area contributed by atoms with Gasteiger partial charge in [0.05, 0.1) is 12.3 Å². The van der Waals surface area contributed by atoms with Crippen LogP contribution in [0.15, 0.2) is 18.2 Å². The molecule has 2 heterocycles. The summed E-state index contributed by atoms with van der Waals surface area (Å²) in [6, 6.07) is 7.29. The normalized spacial score (nSPS) is 14.1. The number of alkyl halides is 1. The number of rotatable bonds is 7. The van der Waals surface area contributed by atoms with Gasteiger partial charge >= 0.3 is 18.3 Å². The predicted molar refractivity (Wildman–Crippen MR) is 193 cm³/mol. The largest absolute Gasteiger partial charge is 0.514 e. The summed E-state index contributed by atoms with van der Waals surface area (Å²) in [6.45, 7) is 20.9. The highest BCUT2D eigenvalue weighted by atomic mass is 79.9. The van der Waals surface area contributed by atoms with E-state index in [9.17, 15) is 19.6 Å². The van der Waals surface area contributed by atoms with Crippen LogP contribution in [-0.2, 0) is 14.2 Å². The summed E-state index contributed by atoms with van der Waals surface area (Å²) in [5.74, 6) is 0.329. The van der Waals surface area contributed by atoms with E-state index in [-0.39, 0.29) is 28.2 Å². The lowest BCUT2D eigenvalue weighted by atomic mass is 10.1. The number of ether oxygens (including phenoxy) is 5. The van der Waals surface area contributed by atoms with E-state index in [4.69, 9.17) is 28.7 Å². The van der Waals surface area contributed by atoms with Crippen LogP contribution in [0.25, 0.3) is 16.7 Å². The average Bonchev–Trinajstić information content (AvgIpc) is 3.68. The zero-order valence-corrected chi connectivity index (χ0v) is 32.6. The van der Waals surface area contributed by atoms with Gasteiger partial charge in [0.2, 0.25) is 5.88 Å². The minimum atomic E-state index is -1.06. The number of aromatic nitrogens is 2. The van der Waals surface area contributed by atoms with Crippen molar-refractivity contribution in [2.24, 2.45) is 5.41 Å². The monoisotopic (exact) mass is 754 g/mol. The number of aryl methyl sites for hydroxylation is 2. The van der Waals surface area contributed by atoms with E-state index >= 15 is 0 Å². The summed E-state index contributed by atoms with van der Waals surface area (Å²) in [5.41, 5.74) is -0.504. The molecule has 1 fully saturated rings. The number of hydrogen-bond acceptors (Lipinski definition) is 10. The molecule has 1 aliphatic carbocycles. The fourth-order valence-electron chi connectivity index (χ4n) is 5.16. The molecule has 1 aliphatic rings. The zero-order valence-electron chi connectivity index (χ0n) is 31.0. The van der Waals surface area contributed by atoms with Crippen LogP contribution in [0.5, 0.6) is 11.6 Å². The number of halogens is 1. The van der Waals surface area contributed by atoms with Crippen molar-refractivity contribution < 1.29 is 38.1 Å². The summed E-state index contributed by atoms with van der Waals surface area (Å²) in [6.07, 6.45) is -1.01. The molecular weight excluding hydrogens is 708 g/mol. The van der Waals surface area contributed by atoms with Gasteiger partial charge in [-0.15, -0.1) is 0 Å². The van der Waals surface area contributed by atoms with Gasteiger partial charge in [0.1, 0.15) is 34.2 Å². The number of benzene rings is 1. The summed E-state index contributed by atoms with van der Waals surface area (Å²) < 4.78 is 30.3. The Hall–Kier alpha value is -4.31. The fourth-order valence-corrected chi connectivity index (χ4v) is 5.89. The second kappa shape index (κ2) is 13.8. The molecule has 2 amide bonds. The Balaban J connectivity index is 2.09. The quantitative estimate of drug-likeness (QED) is 0.0991. The van der Waals surface area contributed by atoms with Gasteiger partial charge in [-0.1, -0.05) is 22.0 Å². The SMILES string of the molecule is Cc1cc2c(C#N)c(N(C(=O)OC(C)(C)C)C(=O)OC(C)(C)C)n(-c3c(C)ccc(OC(=O)OC(C)(C)C)c3C)c2nc1OCC1(CBr)CC1. The van der Waals surface area contributed by atoms with Gasteiger partial charge < -0.3 is 23.7 Å². The summed E-state index contributed by atoms with van der Waals surface area (Å²) >= 11 is 3.59. The zero-order chi connectivity index (χ0) is 37.6. The number of amides is 2. The maximum atomic E-state index is 14.1. The van der Waals surface area contributed by atoms with Gasteiger partial charge in [-0.3, -0.25) is 4.57 Å². The highest BCUT2D eigenvalue weighted by Crippen LogP contribution is 2.48. The third-order valence-electron chi connectivity index (χ3n) is 7.68. The van der Waals surface area contributed by atoms with Crippen LogP contribution in [0.3, 0.4) is 0 Å². The molecule has 1 saturated carbocycles. The van der Waals surface area contributed by atoms with Crippen LogP contribution in [-0.4, -0.2) is 56.6 Å². The molecule has 13 heteroatoms. The Labute approximate surface area is 302 Å². The van der Waals surface area contributed by atoms with E-state index in [0.717, 1.165) is 23.1 Å². The van der Waals surface area contributed by atoms with Gasteiger partial charge in [-0.25, -0.2) is 14.4 Å². The summed E-state index contributed by atoms with van der Waals surface area (Å²) in [4.78, 5) is 46.6. The van der Waals surface area contributed by atoms with E-state index in [1.165, 1.54) is 4.57 Å². The van der Waals surface area contributed by atoms with Crippen LogP contribution in [0, 0.1) is 37.5 Å². The molecule has 0 atom stereocenters. The van der Waals surface area contributed by atoms with Gasteiger partial charge in [-0.05, 0) is 114 Å². The molecule has 1 aromatic carbocycles. The van der Waals surface area contributed by atoms with E-state index in [0.29, 0.717) is 40.3 Å². The lowest BCUT2D eigenvalue weighted by molar-refractivity contribution is 0.0203. The van der Waals surface area contributed by atoms with Crippen molar-refractivity contribution in [1.82, 2.24) is 9.55 Å². The molecule has 4 rings (SSSR count). The minimum absolute atomic E-state index is 0.0127. The van der Waals surface area contributed by atoms with Crippen LogP contribution in [0.1, 0.15) is 97.4 Å². The van der Waals surface area contributed by atoms with E-state index in [1.54, 1.807) is 87.4 Å². The van der Waals surface area contributed by atoms with Crippen LogP contribution in [0.4, 0.5) is 20.2 Å². The lowest BCUT2D eigenvalue weighted by Gasteiger charge is -2.29. The maximum absolute atomic E-state index is 14.1. The van der Waals surface area contributed by atoms with E-state index in [1.807, 2.05) is 13.8 Å². The number of fused-ring (bicyclic) bond motifs is 1. The lowest BCUT2D eigenvalue weighted by Crippen LogP contribution is -2.45. The summed E-state index contributed by atoms with van der Waals surface area (Å²) in [5, 5.41) is 11.9. The van der Waals surface area contributed by atoms with Crippen molar-refractivity contribution in [1.29, 1.82) is 5.26 Å². The molecule has 2 aromatic heterocycles. The number of nitrogens with zero attached hydrogens (tertiary/aromatic N) is 4. The molecule has 0 saturated heterocycles. The molecule has 0 N–H and O–H groups in total. The van der Waals surface area contributed by atoms with Crippen LogP contribution in [0.2, 0.25) is 0 Å². The molecular formula is C37H47BrN4O8. The third-order valence-corrected chi connectivity index (χ3v) is 8.87. The molecule has 0 aliphatic heterocycles. The third kappa shape index (κ3) is 8.70. The molecule has 0 bridgehead atoms. The van der Waals surface area contributed by atoms with Gasteiger partial charge in [0.15, 0.2) is 11.5 Å².